The van der Waals surface area contributed by atoms with Gasteiger partial charge in [-0.05, 0) is 38.0 Å². The molecule has 1 aromatic carbocycles. The van der Waals surface area contributed by atoms with E-state index in [2.05, 4.69) is 4.74 Å². The van der Waals surface area contributed by atoms with Crippen LogP contribution in [-0.4, -0.2) is 19.2 Å². The molecule has 0 aliphatic rings. The van der Waals surface area contributed by atoms with Crippen LogP contribution >= 0.6 is 0 Å². The number of hydrogen-bond donors (Lipinski definition) is 0. The first-order chi connectivity index (χ1) is 9.97. The first-order valence-electron chi connectivity index (χ1n) is 6.78. The second-order valence-electron chi connectivity index (χ2n) is 4.79. The molecule has 0 aliphatic heterocycles. The van der Waals surface area contributed by atoms with Gasteiger partial charge in [0.1, 0.15) is 11.3 Å². The van der Waals surface area contributed by atoms with Gasteiger partial charge in [-0.25, -0.2) is 9.59 Å². The van der Waals surface area contributed by atoms with Crippen LogP contribution in [0.15, 0.2) is 27.4 Å². The number of fused-ring (bicyclic) bond motifs is 1. The molecule has 0 saturated carbocycles. The molecule has 5 nitrogen and oxygen atoms in total. The summed E-state index contributed by atoms with van der Waals surface area (Å²) >= 11 is 0. The van der Waals surface area contributed by atoms with E-state index in [1.165, 1.54) is 13.2 Å². The van der Waals surface area contributed by atoms with Crippen LogP contribution in [0.4, 0.5) is 0 Å². The number of methoxy groups -OCH3 is 1. The molecule has 0 aliphatic carbocycles. The predicted molar refractivity (Wildman–Crippen MR) is 78.7 cm³/mol. The Morgan fingerprint density at radius 3 is 2.71 bits per heavy atom. The van der Waals surface area contributed by atoms with E-state index >= 15 is 0 Å². The number of ether oxygens (including phenoxy) is 2. The number of hydrogen-bond acceptors (Lipinski definition) is 5. The van der Waals surface area contributed by atoms with Crippen molar-refractivity contribution in [3.8, 4) is 5.75 Å². The van der Waals surface area contributed by atoms with E-state index in [0.717, 1.165) is 17.4 Å². The van der Waals surface area contributed by atoms with Crippen molar-refractivity contribution < 1.29 is 18.7 Å². The van der Waals surface area contributed by atoms with Crippen molar-refractivity contribution in [2.75, 3.05) is 7.11 Å². The largest absolute Gasteiger partial charge is 0.479 e. The van der Waals surface area contributed by atoms with Crippen LogP contribution < -0.4 is 10.4 Å². The number of carbonyl (C=O) groups is 1. The Labute approximate surface area is 122 Å². The van der Waals surface area contributed by atoms with Gasteiger partial charge < -0.3 is 13.9 Å². The maximum Gasteiger partial charge on any atom is 0.346 e. The minimum absolute atomic E-state index is 0.388. The van der Waals surface area contributed by atoms with Gasteiger partial charge in [0, 0.05) is 17.0 Å². The third-order valence-corrected chi connectivity index (χ3v) is 3.41. The summed E-state index contributed by atoms with van der Waals surface area (Å²) in [4.78, 5) is 23.0. The molecule has 1 aromatic heterocycles. The molecular formula is C16H18O5. The first-order valence-corrected chi connectivity index (χ1v) is 6.78. The van der Waals surface area contributed by atoms with Crippen LogP contribution in [0.1, 0.15) is 25.0 Å². The molecular weight excluding hydrogens is 272 g/mol. The van der Waals surface area contributed by atoms with Crippen LogP contribution in [-0.2, 0) is 16.0 Å². The molecule has 21 heavy (non-hydrogen) atoms. The Morgan fingerprint density at radius 1 is 1.38 bits per heavy atom. The minimum Gasteiger partial charge on any atom is -0.479 e. The molecule has 0 unspecified atom stereocenters. The van der Waals surface area contributed by atoms with E-state index in [1.54, 1.807) is 19.9 Å². The average Bonchev–Trinajstić information content (AvgIpc) is 2.48. The van der Waals surface area contributed by atoms with Crippen LogP contribution in [0, 0.1) is 6.92 Å². The molecule has 0 amide bonds. The highest BCUT2D eigenvalue weighted by molar-refractivity contribution is 5.85. The molecule has 0 spiro atoms. The summed E-state index contributed by atoms with van der Waals surface area (Å²) in [5.41, 5.74) is 1.72. The van der Waals surface area contributed by atoms with Crippen LogP contribution in [0.3, 0.4) is 0 Å². The Balaban J connectivity index is 2.51. The lowest BCUT2D eigenvalue weighted by Crippen LogP contribution is -2.25. The normalized spacial score (nSPS) is 12.2. The number of benzene rings is 1. The monoisotopic (exact) mass is 290 g/mol. The highest BCUT2D eigenvalue weighted by Crippen LogP contribution is 2.29. The van der Waals surface area contributed by atoms with E-state index in [0.29, 0.717) is 16.9 Å². The zero-order valence-corrected chi connectivity index (χ0v) is 12.6. The SMILES string of the molecule is CCc1cc(=O)oc2c(C)c(O[C@H](C)C(=O)OC)ccc12. The van der Waals surface area contributed by atoms with Crippen molar-refractivity contribution >= 4 is 16.9 Å². The Morgan fingerprint density at radius 2 is 2.10 bits per heavy atom. The zero-order chi connectivity index (χ0) is 15.6. The minimum atomic E-state index is -0.729. The third kappa shape index (κ3) is 2.91. The van der Waals surface area contributed by atoms with Crippen molar-refractivity contribution in [1.29, 1.82) is 0 Å². The number of aryl methyl sites for hydroxylation is 2. The van der Waals surface area contributed by atoms with Gasteiger partial charge in [0.2, 0.25) is 0 Å². The third-order valence-electron chi connectivity index (χ3n) is 3.41. The fourth-order valence-electron chi connectivity index (χ4n) is 2.23. The fourth-order valence-corrected chi connectivity index (χ4v) is 2.23. The molecule has 0 bridgehead atoms. The Bertz CT molecular complexity index is 729. The van der Waals surface area contributed by atoms with Gasteiger partial charge >= 0.3 is 11.6 Å². The highest BCUT2D eigenvalue weighted by atomic mass is 16.6. The van der Waals surface area contributed by atoms with Gasteiger partial charge in [0.15, 0.2) is 6.10 Å². The Hall–Kier alpha value is -2.30. The molecule has 1 atom stereocenters. The summed E-state index contributed by atoms with van der Waals surface area (Å²) < 4.78 is 15.5. The second kappa shape index (κ2) is 5.99. The van der Waals surface area contributed by atoms with E-state index in [9.17, 15) is 9.59 Å². The molecule has 2 aromatic rings. The van der Waals surface area contributed by atoms with E-state index in [4.69, 9.17) is 9.15 Å². The van der Waals surface area contributed by atoms with Gasteiger partial charge in [-0.1, -0.05) is 6.92 Å². The number of carbonyl (C=O) groups excluding carboxylic acids is 1. The van der Waals surface area contributed by atoms with E-state index < -0.39 is 12.1 Å². The smallest absolute Gasteiger partial charge is 0.346 e. The van der Waals surface area contributed by atoms with Crippen molar-refractivity contribution in [2.45, 2.75) is 33.3 Å². The lowest BCUT2D eigenvalue weighted by Gasteiger charge is -2.15. The predicted octanol–water partition coefficient (Wildman–Crippen LogP) is 2.60. The summed E-state index contributed by atoms with van der Waals surface area (Å²) in [7, 11) is 1.31. The first kappa shape index (κ1) is 15.1. The van der Waals surface area contributed by atoms with Gasteiger partial charge in [-0.2, -0.15) is 0 Å². The zero-order valence-electron chi connectivity index (χ0n) is 12.6. The molecule has 1 heterocycles. The van der Waals surface area contributed by atoms with Gasteiger partial charge in [-0.15, -0.1) is 0 Å². The van der Waals surface area contributed by atoms with Crippen molar-refractivity contribution in [2.24, 2.45) is 0 Å². The molecule has 0 radical (unpaired) electrons. The van der Waals surface area contributed by atoms with E-state index in [1.807, 2.05) is 13.0 Å². The van der Waals surface area contributed by atoms with Crippen LogP contribution in [0.5, 0.6) is 5.75 Å². The molecule has 5 heteroatoms. The Kier molecular flexibility index (Phi) is 4.31. The summed E-state index contributed by atoms with van der Waals surface area (Å²) in [5, 5.41) is 0.882. The van der Waals surface area contributed by atoms with Crippen LogP contribution in [0.25, 0.3) is 11.0 Å². The van der Waals surface area contributed by atoms with Gasteiger partial charge in [-0.3, -0.25) is 0 Å². The lowest BCUT2D eigenvalue weighted by molar-refractivity contribution is -0.147. The quantitative estimate of drug-likeness (QED) is 0.639. The summed E-state index contributed by atoms with van der Waals surface area (Å²) in [6, 6.07) is 5.11. The molecule has 112 valence electrons. The average molecular weight is 290 g/mol. The van der Waals surface area contributed by atoms with Gasteiger partial charge in [0.25, 0.3) is 0 Å². The lowest BCUT2D eigenvalue weighted by atomic mass is 10.0. The molecule has 0 N–H and O–H groups in total. The highest BCUT2D eigenvalue weighted by Gasteiger charge is 2.18. The van der Waals surface area contributed by atoms with Crippen molar-refractivity contribution in [1.82, 2.24) is 0 Å². The van der Waals surface area contributed by atoms with E-state index in [-0.39, 0.29) is 5.63 Å². The topological polar surface area (TPSA) is 65.7 Å². The molecule has 0 fully saturated rings. The van der Waals surface area contributed by atoms with Crippen LogP contribution in [0.2, 0.25) is 0 Å². The standard InChI is InChI=1S/C16H18O5/c1-5-11-8-14(17)21-15-9(2)13(7-6-12(11)15)20-10(3)16(18)19-4/h6-8,10H,5H2,1-4H3/t10-/m1/s1. The number of rotatable bonds is 4. The fraction of sp³-hybridized carbons (Fsp3) is 0.375. The number of esters is 1. The molecule has 0 saturated heterocycles. The van der Waals surface area contributed by atoms with Crippen molar-refractivity contribution in [3.63, 3.8) is 0 Å². The molecule has 2 rings (SSSR count). The second-order valence-corrected chi connectivity index (χ2v) is 4.79. The van der Waals surface area contributed by atoms with Gasteiger partial charge in [0.05, 0.1) is 7.11 Å². The maximum atomic E-state index is 11.6. The summed E-state index contributed by atoms with van der Waals surface area (Å²) in [6.45, 7) is 5.38. The maximum absolute atomic E-state index is 11.6. The summed E-state index contributed by atoms with van der Waals surface area (Å²) in [5.74, 6) is 0.0371. The summed E-state index contributed by atoms with van der Waals surface area (Å²) in [6.07, 6.45) is 0.00700. The van der Waals surface area contributed by atoms with Crippen molar-refractivity contribution in [3.05, 3.63) is 39.7 Å².